The Morgan fingerprint density at radius 2 is 2.00 bits per heavy atom. The highest BCUT2D eigenvalue weighted by Crippen LogP contribution is 2.34. The second kappa shape index (κ2) is 9.64. The predicted molar refractivity (Wildman–Crippen MR) is 137 cm³/mol. The molecule has 35 heavy (non-hydrogen) atoms. The van der Waals surface area contributed by atoms with Crippen molar-refractivity contribution in [3.8, 4) is 11.3 Å². The summed E-state index contributed by atoms with van der Waals surface area (Å²) in [5.74, 6) is 0.639. The number of amides is 2. The monoisotopic (exact) mass is 490 g/mol. The topological polar surface area (TPSA) is 99.2 Å². The SMILES string of the molecule is CC1CCN(C)CC1NC(=O)c1ccc(Nc2ncc3c(n2)-c2ccc(Cl)cc2NC(=O)C3)cc1. The molecule has 0 bridgehead atoms. The number of carbonyl (C=O) groups is 2. The summed E-state index contributed by atoms with van der Waals surface area (Å²) < 4.78 is 0. The van der Waals surface area contributed by atoms with E-state index in [-0.39, 0.29) is 24.3 Å². The number of hydrogen-bond acceptors (Lipinski definition) is 6. The third-order valence-corrected chi connectivity index (χ3v) is 6.84. The van der Waals surface area contributed by atoms with Gasteiger partial charge < -0.3 is 20.9 Å². The first-order valence-corrected chi connectivity index (χ1v) is 12.1. The van der Waals surface area contributed by atoms with Crippen molar-refractivity contribution < 1.29 is 9.59 Å². The summed E-state index contributed by atoms with van der Waals surface area (Å²) in [6.45, 7) is 4.11. The van der Waals surface area contributed by atoms with Gasteiger partial charge in [-0.15, -0.1) is 0 Å². The number of carbonyl (C=O) groups excluding carboxylic acids is 2. The number of benzene rings is 2. The van der Waals surface area contributed by atoms with Gasteiger partial charge >= 0.3 is 0 Å². The summed E-state index contributed by atoms with van der Waals surface area (Å²) >= 11 is 6.12. The molecular formula is C26H27ClN6O2. The number of aromatic nitrogens is 2. The van der Waals surface area contributed by atoms with Gasteiger partial charge in [0.15, 0.2) is 0 Å². The van der Waals surface area contributed by atoms with Crippen molar-refractivity contribution in [3.63, 3.8) is 0 Å². The third-order valence-electron chi connectivity index (χ3n) is 6.61. The molecule has 8 nitrogen and oxygen atoms in total. The lowest BCUT2D eigenvalue weighted by atomic mass is 9.93. The van der Waals surface area contributed by atoms with Gasteiger partial charge in [-0.3, -0.25) is 9.59 Å². The molecule has 3 heterocycles. The Labute approximate surface area is 209 Å². The summed E-state index contributed by atoms with van der Waals surface area (Å²) in [4.78, 5) is 36.4. The van der Waals surface area contributed by atoms with Crippen molar-refractivity contribution in [2.24, 2.45) is 5.92 Å². The predicted octanol–water partition coefficient (Wildman–Crippen LogP) is 4.11. The van der Waals surface area contributed by atoms with Crippen LogP contribution in [0.4, 0.5) is 17.3 Å². The van der Waals surface area contributed by atoms with Gasteiger partial charge in [-0.25, -0.2) is 9.97 Å². The Morgan fingerprint density at radius 3 is 2.80 bits per heavy atom. The van der Waals surface area contributed by atoms with Crippen LogP contribution in [0.2, 0.25) is 5.02 Å². The maximum Gasteiger partial charge on any atom is 0.251 e. The summed E-state index contributed by atoms with van der Waals surface area (Å²) in [5.41, 5.74) is 4.19. The number of likely N-dealkylation sites (tertiary alicyclic amines) is 1. The Kier molecular flexibility index (Phi) is 6.40. The van der Waals surface area contributed by atoms with Crippen LogP contribution < -0.4 is 16.0 Å². The van der Waals surface area contributed by atoms with Crippen molar-refractivity contribution >= 4 is 40.7 Å². The van der Waals surface area contributed by atoms with Gasteiger partial charge in [0, 0.05) is 46.2 Å². The number of anilines is 3. The fourth-order valence-electron chi connectivity index (χ4n) is 4.53. The molecule has 2 aliphatic rings. The Balaban J connectivity index is 1.32. The molecule has 1 aromatic heterocycles. The number of nitrogens with zero attached hydrogens (tertiary/aromatic N) is 3. The Bertz CT molecular complexity index is 1280. The van der Waals surface area contributed by atoms with Gasteiger partial charge in [0.2, 0.25) is 11.9 Å². The van der Waals surface area contributed by atoms with Gasteiger partial charge in [-0.1, -0.05) is 18.5 Å². The van der Waals surface area contributed by atoms with E-state index in [1.54, 1.807) is 30.5 Å². The minimum absolute atomic E-state index is 0.0718. The Morgan fingerprint density at radius 1 is 1.20 bits per heavy atom. The number of hydrogen-bond donors (Lipinski definition) is 3. The van der Waals surface area contributed by atoms with Crippen LogP contribution in [0.1, 0.15) is 29.3 Å². The molecule has 1 fully saturated rings. The quantitative estimate of drug-likeness (QED) is 0.509. The zero-order chi connectivity index (χ0) is 24.5. The lowest BCUT2D eigenvalue weighted by molar-refractivity contribution is -0.115. The van der Waals surface area contributed by atoms with Crippen molar-refractivity contribution in [3.05, 3.63) is 64.8 Å². The van der Waals surface area contributed by atoms with Gasteiger partial charge in [0.25, 0.3) is 5.91 Å². The van der Waals surface area contributed by atoms with Crippen LogP contribution in [0.5, 0.6) is 0 Å². The fraction of sp³-hybridized carbons (Fsp3) is 0.308. The van der Waals surface area contributed by atoms with Crippen molar-refractivity contribution in [1.29, 1.82) is 0 Å². The van der Waals surface area contributed by atoms with Crippen molar-refractivity contribution in [2.45, 2.75) is 25.8 Å². The molecule has 5 rings (SSSR count). The lowest BCUT2D eigenvalue weighted by Gasteiger charge is -2.35. The van der Waals surface area contributed by atoms with E-state index in [1.807, 2.05) is 18.2 Å². The molecule has 0 radical (unpaired) electrons. The largest absolute Gasteiger partial charge is 0.348 e. The first-order valence-electron chi connectivity index (χ1n) is 11.7. The number of fused-ring (bicyclic) bond motifs is 3. The second-order valence-electron chi connectivity index (χ2n) is 9.29. The van der Waals surface area contributed by atoms with Gasteiger partial charge in [0.05, 0.1) is 17.8 Å². The molecule has 0 aliphatic carbocycles. The molecule has 0 spiro atoms. The van der Waals surface area contributed by atoms with E-state index in [0.717, 1.165) is 36.3 Å². The zero-order valence-electron chi connectivity index (χ0n) is 19.6. The smallest absolute Gasteiger partial charge is 0.251 e. The van der Waals surface area contributed by atoms with Crippen LogP contribution in [0.25, 0.3) is 11.3 Å². The number of piperidine rings is 1. The Hall–Kier alpha value is -3.49. The van der Waals surface area contributed by atoms with E-state index in [0.29, 0.717) is 33.8 Å². The van der Waals surface area contributed by atoms with Crippen LogP contribution in [-0.4, -0.2) is 52.9 Å². The molecule has 2 amide bonds. The maximum absolute atomic E-state index is 12.8. The van der Waals surface area contributed by atoms with E-state index < -0.39 is 0 Å². The first-order chi connectivity index (χ1) is 16.9. The van der Waals surface area contributed by atoms with E-state index in [1.165, 1.54) is 0 Å². The molecule has 2 aromatic carbocycles. The summed E-state index contributed by atoms with van der Waals surface area (Å²) in [5, 5.41) is 9.78. The molecule has 1 saturated heterocycles. The van der Waals surface area contributed by atoms with E-state index >= 15 is 0 Å². The zero-order valence-corrected chi connectivity index (χ0v) is 20.4. The number of rotatable bonds is 4. The molecule has 180 valence electrons. The fourth-order valence-corrected chi connectivity index (χ4v) is 4.70. The molecule has 3 aromatic rings. The molecule has 2 atom stereocenters. The van der Waals surface area contributed by atoms with Gasteiger partial charge in [-0.2, -0.15) is 0 Å². The molecule has 2 unspecified atom stereocenters. The van der Waals surface area contributed by atoms with E-state index in [2.05, 4.69) is 44.8 Å². The minimum Gasteiger partial charge on any atom is -0.348 e. The molecule has 3 N–H and O–H groups in total. The summed E-state index contributed by atoms with van der Waals surface area (Å²) in [6, 6.07) is 12.7. The van der Waals surface area contributed by atoms with Crippen molar-refractivity contribution in [2.75, 3.05) is 30.8 Å². The lowest BCUT2D eigenvalue weighted by Crippen LogP contribution is -2.50. The minimum atomic E-state index is -0.139. The van der Waals surface area contributed by atoms with Crippen LogP contribution in [0.3, 0.4) is 0 Å². The van der Waals surface area contributed by atoms with Crippen LogP contribution in [-0.2, 0) is 11.2 Å². The van der Waals surface area contributed by atoms with Crippen molar-refractivity contribution in [1.82, 2.24) is 20.2 Å². The average Bonchev–Trinajstić information content (AvgIpc) is 2.96. The average molecular weight is 491 g/mol. The number of nitrogens with one attached hydrogen (secondary N) is 3. The highest BCUT2D eigenvalue weighted by atomic mass is 35.5. The second-order valence-corrected chi connectivity index (χ2v) is 9.73. The molecular weight excluding hydrogens is 464 g/mol. The normalized spacial score (nSPS) is 19.7. The number of likely N-dealkylation sites (N-methyl/N-ethyl adjacent to an activating group) is 1. The highest BCUT2D eigenvalue weighted by Gasteiger charge is 2.26. The molecule has 2 aliphatic heterocycles. The first kappa shape index (κ1) is 23.3. The van der Waals surface area contributed by atoms with Gasteiger partial charge in [0.1, 0.15) is 0 Å². The summed E-state index contributed by atoms with van der Waals surface area (Å²) in [6.07, 6.45) is 2.92. The highest BCUT2D eigenvalue weighted by molar-refractivity contribution is 6.31. The molecule has 0 saturated carbocycles. The maximum atomic E-state index is 12.8. The standard InChI is InChI=1S/C26H27ClN6O2/c1-15-9-10-33(2)14-22(15)31-25(35)16-3-6-19(7-4-16)29-26-28-13-17-11-23(34)30-21-12-18(27)5-8-20(21)24(17)32-26/h3-8,12-13,15,22H,9-11,14H2,1-2H3,(H,30,34)(H,31,35)(H,28,29,32). The third kappa shape index (κ3) is 5.13. The number of halogens is 1. The molecule has 9 heteroatoms. The summed E-state index contributed by atoms with van der Waals surface area (Å²) in [7, 11) is 2.08. The van der Waals surface area contributed by atoms with Gasteiger partial charge in [-0.05, 0) is 68.4 Å². The van der Waals surface area contributed by atoms with Crippen LogP contribution in [0.15, 0.2) is 48.7 Å². The van der Waals surface area contributed by atoms with Crippen LogP contribution >= 0.6 is 11.6 Å². The van der Waals surface area contributed by atoms with Crippen LogP contribution in [0, 0.1) is 5.92 Å². The van der Waals surface area contributed by atoms with E-state index in [4.69, 9.17) is 11.6 Å². The van der Waals surface area contributed by atoms with E-state index in [9.17, 15) is 9.59 Å².